The van der Waals surface area contributed by atoms with Crippen molar-refractivity contribution in [3.8, 4) is 5.69 Å². The molecular formula is C19H17N3O5. The van der Waals surface area contributed by atoms with Gasteiger partial charge < -0.3 is 15.9 Å². The molecular weight excluding hydrogens is 350 g/mol. The molecule has 0 saturated carbocycles. The van der Waals surface area contributed by atoms with E-state index in [1.807, 2.05) is 30.3 Å². The quantitative estimate of drug-likeness (QED) is 0.648. The largest absolute Gasteiger partial charge is 0.478 e. The molecule has 0 fully saturated rings. The van der Waals surface area contributed by atoms with Crippen LogP contribution in [0.4, 0.5) is 0 Å². The molecule has 0 radical (unpaired) electrons. The third kappa shape index (κ3) is 4.79. The summed E-state index contributed by atoms with van der Waals surface area (Å²) >= 11 is 0. The van der Waals surface area contributed by atoms with E-state index in [2.05, 4.69) is 5.10 Å². The van der Waals surface area contributed by atoms with Gasteiger partial charge in [0.15, 0.2) is 0 Å². The van der Waals surface area contributed by atoms with E-state index in [1.165, 1.54) is 25.1 Å². The highest BCUT2D eigenvalue weighted by molar-refractivity contribution is 5.96. The summed E-state index contributed by atoms with van der Waals surface area (Å²) in [6, 6.07) is 15.3. The first-order valence-corrected chi connectivity index (χ1v) is 7.78. The van der Waals surface area contributed by atoms with Crippen molar-refractivity contribution in [1.82, 2.24) is 9.78 Å². The number of carboxylic acid groups (broad SMARTS) is 2. The van der Waals surface area contributed by atoms with Gasteiger partial charge in [0, 0.05) is 6.20 Å². The topological polar surface area (TPSA) is 136 Å². The molecule has 0 aliphatic heterocycles. The number of benzene rings is 2. The summed E-state index contributed by atoms with van der Waals surface area (Å²) in [6.45, 7) is 1.48. The lowest BCUT2D eigenvalue weighted by Crippen LogP contribution is -2.12. The standard InChI is InChI=1S/C10H9N3O.C9H8O4/c11-10(14)9-6-7-13(12-9)8-4-2-1-3-5-8;1-5-6(8(10)11)3-2-4-7(5)9(12)13/h1-7H,(H2,11,14);2-4H,1H3,(H,10,11)(H,12,13). The number of hydrogen-bond donors (Lipinski definition) is 3. The van der Waals surface area contributed by atoms with E-state index < -0.39 is 17.8 Å². The Hall–Kier alpha value is -3.94. The number of nitrogens with zero attached hydrogens (tertiary/aromatic N) is 2. The molecule has 138 valence electrons. The monoisotopic (exact) mass is 367 g/mol. The fraction of sp³-hybridized carbons (Fsp3) is 0.0526. The second-order valence-corrected chi connectivity index (χ2v) is 5.43. The molecule has 3 rings (SSSR count). The molecule has 0 aliphatic rings. The minimum atomic E-state index is -1.11. The zero-order chi connectivity index (χ0) is 20.0. The third-order valence-electron chi connectivity index (χ3n) is 3.66. The Balaban J connectivity index is 0.000000194. The minimum Gasteiger partial charge on any atom is -0.478 e. The van der Waals surface area contributed by atoms with Gasteiger partial charge in [-0.15, -0.1) is 0 Å². The van der Waals surface area contributed by atoms with Gasteiger partial charge in [-0.05, 0) is 42.8 Å². The minimum absolute atomic E-state index is 0.0277. The predicted octanol–water partition coefficient (Wildman–Crippen LogP) is 2.36. The Morgan fingerprint density at radius 3 is 1.89 bits per heavy atom. The molecule has 1 aromatic heterocycles. The first-order chi connectivity index (χ1) is 12.8. The maximum Gasteiger partial charge on any atom is 0.335 e. The van der Waals surface area contributed by atoms with Gasteiger partial charge >= 0.3 is 11.9 Å². The van der Waals surface area contributed by atoms with E-state index in [4.69, 9.17) is 15.9 Å². The molecule has 3 aromatic rings. The van der Waals surface area contributed by atoms with E-state index in [9.17, 15) is 14.4 Å². The number of aromatic nitrogens is 2. The van der Waals surface area contributed by atoms with Crippen molar-refractivity contribution >= 4 is 17.8 Å². The van der Waals surface area contributed by atoms with E-state index in [0.29, 0.717) is 0 Å². The van der Waals surface area contributed by atoms with Crippen LogP contribution >= 0.6 is 0 Å². The Bertz CT molecular complexity index is 948. The van der Waals surface area contributed by atoms with Crippen molar-refractivity contribution < 1.29 is 24.6 Å². The normalized spacial score (nSPS) is 9.81. The van der Waals surface area contributed by atoms with Gasteiger partial charge in [-0.2, -0.15) is 5.10 Å². The molecule has 0 spiro atoms. The number of hydrogen-bond acceptors (Lipinski definition) is 4. The van der Waals surface area contributed by atoms with Gasteiger partial charge in [0.2, 0.25) is 0 Å². The summed E-state index contributed by atoms with van der Waals surface area (Å²) in [5, 5.41) is 21.4. The summed E-state index contributed by atoms with van der Waals surface area (Å²) < 4.78 is 1.61. The second kappa shape index (κ2) is 8.43. The van der Waals surface area contributed by atoms with E-state index >= 15 is 0 Å². The molecule has 1 amide bonds. The van der Waals surface area contributed by atoms with Crippen molar-refractivity contribution in [3.05, 3.63) is 83.2 Å². The summed E-state index contributed by atoms with van der Waals surface area (Å²) in [4.78, 5) is 32.0. The molecule has 4 N–H and O–H groups in total. The molecule has 1 heterocycles. The van der Waals surface area contributed by atoms with Crippen molar-refractivity contribution in [2.45, 2.75) is 6.92 Å². The SMILES string of the molecule is Cc1c(C(=O)O)cccc1C(=O)O.NC(=O)c1ccn(-c2ccccc2)n1. The van der Waals surface area contributed by atoms with Crippen LogP contribution in [0.25, 0.3) is 5.69 Å². The fourth-order valence-corrected chi connectivity index (χ4v) is 2.28. The van der Waals surface area contributed by atoms with Crippen LogP contribution in [0, 0.1) is 6.92 Å². The molecule has 0 atom stereocenters. The highest BCUT2D eigenvalue weighted by Crippen LogP contribution is 2.13. The lowest BCUT2D eigenvalue weighted by atomic mass is 10.0. The summed E-state index contributed by atoms with van der Waals surface area (Å²) in [7, 11) is 0. The lowest BCUT2D eigenvalue weighted by molar-refractivity contribution is 0.0696. The first-order valence-electron chi connectivity index (χ1n) is 7.78. The number of rotatable bonds is 4. The average Bonchev–Trinajstić information content (AvgIpc) is 3.13. The van der Waals surface area contributed by atoms with Crippen LogP contribution in [-0.2, 0) is 0 Å². The van der Waals surface area contributed by atoms with E-state index in [1.54, 1.807) is 16.9 Å². The second-order valence-electron chi connectivity index (χ2n) is 5.43. The van der Waals surface area contributed by atoms with E-state index in [0.717, 1.165) is 5.69 Å². The number of para-hydroxylation sites is 1. The third-order valence-corrected chi connectivity index (χ3v) is 3.66. The van der Waals surface area contributed by atoms with Gasteiger partial charge in [0.25, 0.3) is 5.91 Å². The predicted molar refractivity (Wildman–Crippen MR) is 97.2 cm³/mol. The van der Waals surface area contributed by atoms with Gasteiger partial charge in [-0.3, -0.25) is 4.79 Å². The molecule has 8 nitrogen and oxygen atoms in total. The lowest BCUT2D eigenvalue weighted by Gasteiger charge is -2.03. The van der Waals surface area contributed by atoms with Gasteiger partial charge in [0.05, 0.1) is 16.8 Å². The van der Waals surface area contributed by atoms with Crippen molar-refractivity contribution in [2.24, 2.45) is 5.73 Å². The number of carbonyl (C=O) groups is 3. The van der Waals surface area contributed by atoms with Gasteiger partial charge in [0.1, 0.15) is 5.69 Å². The molecule has 2 aromatic carbocycles. The van der Waals surface area contributed by atoms with Crippen LogP contribution in [0.2, 0.25) is 0 Å². The fourth-order valence-electron chi connectivity index (χ4n) is 2.28. The van der Waals surface area contributed by atoms with Crippen LogP contribution in [0.3, 0.4) is 0 Å². The zero-order valence-corrected chi connectivity index (χ0v) is 14.4. The number of carbonyl (C=O) groups excluding carboxylic acids is 1. The van der Waals surface area contributed by atoms with Crippen LogP contribution in [0.1, 0.15) is 36.8 Å². The van der Waals surface area contributed by atoms with Crippen LogP contribution in [0.15, 0.2) is 60.8 Å². The van der Waals surface area contributed by atoms with Crippen LogP contribution in [0.5, 0.6) is 0 Å². The number of primary amides is 1. The average molecular weight is 367 g/mol. The number of aromatic carboxylic acids is 2. The Kier molecular flexibility index (Phi) is 6.06. The van der Waals surface area contributed by atoms with E-state index in [-0.39, 0.29) is 22.4 Å². The van der Waals surface area contributed by atoms with Crippen LogP contribution in [-0.4, -0.2) is 37.8 Å². The molecule has 0 saturated heterocycles. The highest BCUT2D eigenvalue weighted by Gasteiger charge is 2.13. The van der Waals surface area contributed by atoms with Crippen molar-refractivity contribution in [3.63, 3.8) is 0 Å². The molecule has 0 unspecified atom stereocenters. The molecule has 0 aliphatic carbocycles. The van der Waals surface area contributed by atoms with Gasteiger partial charge in [-0.25, -0.2) is 14.3 Å². The molecule has 27 heavy (non-hydrogen) atoms. The Morgan fingerprint density at radius 1 is 0.889 bits per heavy atom. The molecule has 8 heteroatoms. The van der Waals surface area contributed by atoms with Crippen molar-refractivity contribution in [1.29, 1.82) is 0 Å². The Morgan fingerprint density at radius 2 is 1.44 bits per heavy atom. The summed E-state index contributed by atoms with van der Waals surface area (Å²) in [5.41, 5.74) is 6.60. The molecule has 0 bridgehead atoms. The van der Waals surface area contributed by atoms with Crippen LogP contribution < -0.4 is 5.73 Å². The van der Waals surface area contributed by atoms with Gasteiger partial charge in [-0.1, -0.05) is 24.3 Å². The number of carboxylic acids is 2. The number of nitrogens with two attached hydrogens (primary N) is 1. The first kappa shape index (κ1) is 19.4. The maximum atomic E-state index is 10.8. The zero-order valence-electron chi connectivity index (χ0n) is 14.4. The van der Waals surface area contributed by atoms with Crippen molar-refractivity contribution in [2.75, 3.05) is 0 Å². The highest BCUT2D eigenvalue weighted by atomic mass is 16.4. The number of amides is 1. The summed E-state index contributed by atoms with van der Waals surface area (Å²) in [5.74, 6) is -2.74. The maximum absolute atomic E-state index is 10.8. The summed E-state index contributed by atoms with van der Waals surface area (Å²) in [6.07, 6.45) is 1.70. The smallest absolute Gasteiger partial charge is 0.335 e. The Labute approximate surface area is 154 Å².